The minimum Gasteiger partial charge on any atom is -0.490 e. The van der Waals surface area contributed by atoms with Crippen LogP contribution in [0.15, 0.2) is 48.5 Å². The van der Waals surface area contributed by atoms with Crippen LogP contribution < -0.4 is 4.74 Å². The smallest absolute Gasteiger partial charge is 0.125 e. The van der Waals surface area contributed by atoms with Gasteiger partial charge >= 0.3 is 0 Å². The minimum absolute atomic E-state index is 0.0371. The van der Waals surface area contributed by atoms with Crippen LogP contribution in [0, 0.1) is 5.82 Å². The molecule has 3 nitrogen and oxygen atoms in total. The van der Waals surface area contributed by atoms with E-state index < -0.39 is 18.0 Å². The van der Waals surface area contributed by atoms with Gasteiger partial charge in [0.15, 0.2) is 0 Å². The lowest BCUT2D eigenvalue weighted by Crippen LogP contribution is -2.11. The van der Waals surface area contributed by atoms with Crippen LogP contribution in [0.2, 0.25) is 0 Å². The molecule has 0 aromatic heterocycles. The highest BCUT2D eigenvalue weighted by atomic mass is 19.1. The summed E-state index contributed by atoms with van der Waals surface area (Å²) in [7, 11) is 0. The van der Waals surface area contributed by atoms with Crippen LogP contribution in [0.3, 0.4) is 0 Å². The zero-order chi connectivity index (χ0) is 14.5. The molecule has 4 heteroatoms. The van der Waals surface area contributed by atoms with Crippen molar-refractivity contribution >= 4 is 0 Å². The predicted molar refractivity (Wildman–Crippen MR) is 73.9 cm³/mol. The van der Waals surface area contributed by atoms with Gasteiger partial charge in [-0.15, -0.1) is 0 Å². The van der Waals surface area contributed by atoms with Crippen LogP contribution in [0.1, 0.15) is 30.3 Å². The van der Waals surface area contributed by atoms with Crippen molar-refractivity contribution in [2.24, 2.45) is 0 Å². The molecule has 0 spiro atoms. The van der Waals surface area contributed by atoms with E-state index in [9.17, 15) is 14.6 Å². The molecule has 0 aliphatic heterocycles. The van der Waals surface area contributed by atoms with Gasteiger partial charge in [0.25, 0.3) is 0 Å². The standard InChI is InChI=1S/C16H17FO3/c1-11(18)14-9-13(17)7-8-16(14)20-10-15(19)12-5-3-2-4-6-12/h2-9,11,15,18-19H,10H2,1H3. The summed E-state index contributed by atoms with van der Waals surface area (Å²) in [4.78, 5) is 0. The molecule has 20 heavy (non-hydrogen) atoms. The molecule has 0 fully saturated rings. The topological polar surface area (TPSA) is 49.7 Å². The summed E-state index contributed by atoms with van der Waals surface area (Å²) in [5, 5.41) is 19.6. The van der Waals surface area contributed by atoms with E-state index in [1.54, 1.807) is 12.1 Å². The van der Waals surface area contributed by atoms with Crippen molar-refractivity contribution in [2.75, 3.05) is 6.61 Å². The van der Waals surface area contributed by atoms with Crippen molar-refractivity contribution in [3.05, 3.63) is 65.5 Å². The highest BCUT2D eigenvalue weighted by Gasteiger charge is 2.13. The first kappa shape index (κ1) is 14.5. The second kappa shape index (κ2) is 6.50. The molecule has 2 atom stereocenters. The quantitative estimate of drug-likeness (QED) is 0.882. The number of ether oxygens (including phenoxy) is 1. The SMILES string of the molecule is CC(O)c1cc(F)ccc1OCC(O)c1ccccc1. The van der Waals surface area contributed by atoms with Gasteiger partial charge in [0, 0.05) is 5.56 Å². The largest absolute Gasteiger partial charge is 0.490 e. The Morgan fingerprint density at radius 2 is 1.80 bits per heavy atom. The van der Waals surface area contributed by atoms with E-state index in [-0.39, 0.29) is 6.61 Å². The van der Waals surface area contributed by atoms with Crippen LogP contribution in [0.4, 0.5) is 4.39 Å². The molecule has 0 saturated heterocycles. The third-order valence-electron chi connectivity index (χ3n) is 3.00. The molecule has 2 unspecified atom stereocenters. The van der Waals surface area contributed by atoms with Crippen LogP contribution in [0.25, 0.3) is 0 Å². The van der Waals surface area contributed by atoms with Gasteiger partial charge in [-0.1, -0.05) is 30.3 Å². The van der Waals surface area contributed by atoms with E-state index in [0.29, 0.717) is 11.3 Å². The molecule has 0 heterocycles. The van der Waals surface area contributed by atoms with Crippen molar-refractivity contribution in [1.82, 2.24) is 0 Å². The van der Waals surface area contributed by atoms with E-state index in [1.807, 2.05) is 18.2 Å². The Morgan fingerprint density at radius 3 is 2.45 bits per heavy atom. The Kier molecular flexibility index (Phi) is 4.71. The normalized spacial score (nSPS) is 13.8. The molecule has 0 aliphatic carbocycles. The number of hydrogen-bond acceptors (Lipinski definition) is 3. The monoisotopic (exact) mass is 276 g/mol. The van der Waals surface area contributed by atoms with Crippen molar-refractivity contribution in [3.8, 4) is 5.75 Å². The van der Waals surface area contributed by atoms with Crippen molar-refractivity contribution in [1.29, 1.82) is 0 Å². The second-order valence-electron chi connectivity index (χ2n) is 4.60. The third kappa shape index (κ3) is 3.56. The number of halogens is 1. The van der Waals surface area contributed by atoms with Gasteiger partial charge in [0.2, 0.25) is 0 Å². The summed E-state index contributed by atoms with van der Waals surface area (Å²) < 4.78 is 18.6. The molecule has 2 aromatic carbocycles. The molecular weight excluding hydrogens is 259 g/mol. The maximum Gasteiger partial charge on any atom is 0.125 e. The third-order valence-corrected chi connectivity index (χ3v) is 3.00. The fourth-order valence-electron chi connectivity index (χ4n) is 1.92. The number of rotatable bonds is 5. The van der Waals surface area contributed by atoms with E-state index in [2.05, 4.69) is 0 Å². The predicted octanol–water partition coefficient (Wildman–Crippen LogP) is 2.99. The number of benzene rings is 2. The zero-order valence-electron chi connectivity index (χ0n) is 11.2. The number of hydrogen-bond donors (Lipinski definition) is 2. The average molecular weight is 276 g/mol. The minimum atomic E-state index is -0.838. The van der Waals surface area contributed by atoms with Crippen LogP contribution >= 0.6 is 0 Å². The summed E-state index contributed by atoms with van der Waals surface area (Å²) in [6.45, 7) is 1.57. The molecule has 2 rings (SSSR count). The summed E-state index contributed by atoms with van der Waals surface area (Å²) >= 11 is 0. The van der Waals surface area contributed by atoms with Crippen LogP contribution in [-0.2, 0) is 0 Å². The fourth-order valence-corrected chi connectivity index (χ4v) is 1.92. The Balaban J connectivity index is 2.08. The Hall–Kier alpha value is -1.91. The summed E-state index contributed by atoms with van der Waals surface area (Å²) in [6.07, 6.45) is -1.61. The Morgan fingerprint density at radius 1 is 1.10 bits per heavy atom. The van der Waals surface area contributed by atoms with Gasteiger partial charge < -0.3 is 14.9 Å². The highest BCUT2D eigenvalue weighted by molar-refractivity contribution is 5.35. The molecule has 0 aliphatic rings. The molecule has 0 saturated carbocycles. The lowest BCUT2D eigenvalue weighted by molar-refractivity contribution is 0.104. The maximum absolute atomic E-state index is 13.2. The van der Waals surface area contributed by atoms with Crippen LogP contribution in [0.5, 0.6) is 5.75 Å². The summed E-state index contributed by atoms with van der Waals surface area (Å²) in [6, 6.07) is 13.1. The zero-order valence-corrected chi connectivity index (χ0v) is 11.2. The first-order valence-corrected chi connectivity index (χ1v) is 6.41. The molecule has 0 radical (unpaired) electrons. The molecule has 2 aromatic rings. The van der Waals surface area contributed by atoms with Crippen molar-refractivity contribution < 1.29 is 19.3 Å². The average Bonchev–Trinajstić information content (AvgIpc) is 2.46. The first-order valence-electron chi connectivity index (χ1n) is 6.41. The Labute approximate surface area is 117 Å². The first-order chi connectivity index (χ1) is 9.58. The molecule has 2 N–H and O–H groups in total. The molecular formula is C16H17FO3. The number of aliphatic hydroxyl groups excluding tert-OH is 2. The van der Waals surface area contributed by atoms with Gasteiger partial charge in [-0.3, -0.25) is 0 Å². The van der Waals surface area contributed by atoms with Gasteiger partial charge in [-0.05, 0) is 30.7 Å². The summed E-state index contributed by atoms with van der Waals surface area (Å²) in [5.41, 5.74) is 1.11. The van der Waals surface area contributed by atoms with Gasteiger partial charge in [-0.25, -0.2) is 4.39 Å². The maximum atomic E-state index is 13.2. The number of aliphatic hydroxyl groups is 2. The van der Waals surface area contributed by atoms with Gasteiger partial charge in [0.05, 0.1) is 6.10 Å². The lowest BCUT2D eigenvalue weighted by atomic mass is 10.1. The van der Waals surface area contributed by atoms with Crippen molar-refractivity contribution in [3.63, 3.8) is 0 Å². The lowest BCUT2D eigenvalue weighted by Gasteiger charge is -2.16. The van der Waals surface area contributed by atoms with Gasteiger partial charge in [-0.2, -0.15) is 0 Å². The summed E-state index contributed by atoms with van der Waals surface area (Å²) in [5.74, 6) is -0.0618. The Bertz CT molecular complexity index is 555. The molecule has 106 valence electrons. The highest BCUT2D eigenvalue weighted by Crippen LogP contribution is 2.27. The second-order valence-corrected chi connectivity index (χ2v) is 4.60. The van der Waals surface area contributed by atoms with E-state index in [4.69, 9.17) is 4.74 Å². The van der Waals surface area contributed by atoms with Crippen LogP contribution in [-0.4, -0.2) is 16.8 Å². The van der Waals surface area contributed by atoms with E-state index in [1.165, 1.54) is 25.1 Å². The van der Waals surface area contributed by atoms with Crippen molar-refractivity contribution in [2.45, 2.75) is 19.1 Å². The molecule has 0 amide bonds. The fraction of sp³-hybridized carbons (Fsp3) is 0.250. The van der Waals surface area contributed by atoms with Gasteiger partial charge in [0.1, 0.15) is 24.3 Å². The van der Waals surface area contributed by atoms with E-state index in [0.717, 1.165) is 5.56 Å². The van der Waals surface area contributed by atoms with E-state index >= 15 is 0 Å². The molecule has 0 bridgehead atoms.